The van der Waals surface area contributed by atoms with Crippen molar-refractivity contribution < 1.29 is 9.53 Å². The lowest BCUT2D eigenvalue weighted by Gasteiger charge is -2.28. The second-order valence-corrected chi connectivity index (χ2v) is 8.91. The molecule has 5 rings (SSSR count). The van der Waals surface area contributed by atoms with Gasteiger partial charge in [-0.05, 0) is 37.1 Å². The molecule has 1 aromatic carbocycles. The zero-order valence-corrected chi connectivity index (χ0v) is 19.5. The van der Waals surface area contributed by atoms with E-state index < -0.39 is 0 Å². The highest BCUT2D eigenvalue weighted by atomic mass is 35.5. The van der Waals surface area contributed by atoms with Crippen LogP contribution in [0, 0.1) is 0 Å². The summed E-state index contributed by atoms with van der Waals surface area (Å²) in [5.41, 5.74) is 8.26. The fraction of sp³-hybridized carbons (Fsp3) is 0.458. The molecule has 1 saturated heterocycles. The molecule has 2 aromatic heterocycles. The van der Waals surface area contributed by atoms with E-state index in [4.69, 9.17) is 22.1 Å². The Morgan fingerprint density at radius 3 is 2.70 bits per heavy atom. The zero-order valence-electron chi connectivity index (χ0n) is 18.8. The molecule has 33 heavy (non-hydrogen) atoms. The topological polar surface area (TPSA) is 97.8 Å². The molecule has 3 aromatic rings. The summed E-state index contributed by atoms with van der Waals surface area (Å²) in [5, 5.41) is 8.06. The van der Waals surface area contributed by atoms with Crippen molar-refractivity contribution in [2.75, 3.05) is 38.6 Å². The maximum atomic E-state index is 11.8. The minimum absolute atomic E-state index is 0.189. The van der Waals surface area contributed by atoms with Crippen molar-refractivity contribution in [1.29, 1.82) is 0 Å². The molecule has 9 heteroatoms. The Morgan fingerprint density at radius 2 is 1.94 bits per heavy atom. The number of ether oxygens (including phenoxy) is 1. The lowest BCUT2D eigenvalue weighted by Crippen LogP contribution is -2.46. The predicted molar refractivity (Wildman–Crippen MR) is 130 cm³/mol. The molecule has 1 amide bonds. The number of nitrogens with one attached hydrogen (secondary N) is 1. The van der Waals surface area contributed by atoms with Gasteiger partial charge in [-0.15, -0.1) is 5.10 Å². The SMILES string of the molecule is Nc1ccc2ncc(-c3cccc(Cl)c3)n2n1.O=C(CN1CCOCC1)NC1CCCCC1. The minimum atomic E-state index is 0.189. The lowest BCUT2D eigenvalue weighted by atomic mass is 9.95. The molecule has 0 spiro atoms. The van der Waals surface area contributed by atoms with E-state index in [9.17, 15) is 4.79 Å². The molecule has 0 bridgehead atoms. The summed E-state index contributed by atoms with van der Waals surface area (Å²) in [6.45, 7) is 3.84. The van der Waals surface area contributed by atoms with E-state index in [1.165, 1.54) is 19.3 Å². The maximum absolute atomic E-state index is 11.8. The number of carbonyl (C=O) groups is 1. The molecular weight excluding hydrogens is 440 g/mol. The van der Waals surface area contributed by atoms with Crippen molar-refractivity contribution in [3.8, 4) is 11.3 Å². The summed E-state index contributed by atoms with van der Waals surface area (Å²) in [7, 11) is 0. The van der Waals surface area contributed by atoms with E-state index in [2.05, 4.69) is 20.3 Å². The Bertz CT molecular complexity index is 1040. The third-order valence-corrected chi connectivity index (χ3v) is 6.18. The standard InChI is InChI=1S/C12H9ClN4.C12H22N2O2/c13-9-3-1-2-8(6-9)10-7-15-12-5-4-11(14)16-17(10)12;15-12(10-14-6-8-16-9-7-14)13-11-4-2-1-3-5-11/h1-7H,(H2,14,16);11H,1-10H2,(H,13,15). The molecule has 0 radical (unpaired) electrons. The Morgan fingerprint density at radius 1 is 1.15 bits per heavy atom. The average Bonchev–Trinajstić information content (AvgIpc) is 3.24. The highest BCUT2D eigenvalue weighted by Crippen LogP contribution is 2.23. The van der Waals surface area contributed by atoms with Crippen molar-refractivity contribution in [2.24, 2.45) is 0 Å². The summed E-state index contributed by atoms with van der Waals surface area (Å²) in [5.74, 6) is 0.646. The van der Waals surface area contributed by atoms with Gasteiger partial charge in [0.15, 0.2) is 5.65 Å². The smallest absolute Gasteiger partial charge is 0.234 e. The van der Waals surface area contributed by atoms with E-state index in [1.54, 1.807) is 16.8 Å². The summed E-state index contributed by atoms with van der Waals surface area (Å²) in [6, 6.07) is 11.5. The molecule has 8 nitrogen and oxygen atoms in total. The molecule has 2 aliphatic rings. The molecule has 3 heterocycles. The van der Waals surface area contributed by atoms with Crippen molar-refractivity contribution in [3.63, 3.8) is 0 Å². The number of hydrogen-bond acceptors (Lipinski definition) is 6. The Labute approximate surface area is 199 Å². The summed E-state index contributed by atoms with van der Waals surface area (Å²) in [4.78, 5) is 18.2. The largest absolute Gasteiger partial charge is 0.382 e. The number of carbonyl (C=O) groups excluding carboxylic acids is 1. The second kappa shape index (κ2) is 11.4. The van der Waals surface area contributed by atoms with Crippen LogP contribution in [0.1, 0.15) is 32.1 Å². The number of nitrogens with zero attached hydrogens (tertiary/aromatic N) is 4. The second-order valence-electron chi connectivity index (χ2n) is 8.47. The highest BCUT2D eigenvalue weighted by molar-refractivity contribution is 6.30. The number of anilines is 1. The quantitative estimate of drug-likeness (QED) is 0.606. The number of fused-ring (bicyclic) bond motifs is 1. The van der Waals surface area contributed by atoms with Crippen LogP contribution in [0.4, 0.5) is 5.82 Å². The van der Waals surface area contributed by atoms with Gasteiger partial charge in [0.05, 0.1) is 31.6 Å². The first-order chi connectivity index (χ1) is 16.1. The van der Waals surface area contributed by atoms with Gasteiger partial charge < -0.3 is 15.8 Å². The van der Waals surface area contributed by atoms with Crippen LogP contribution in [-0.2, 0) is 9.53 Å². The number of rotatable bonds is 4. The Hall–Kier alpha value is -2.68. The van der Waals surface area contributed by atoms with Crippen LogP contribution in [0.5, 0.6) is 0 Å². The van der Waals surface area contributed by atoms with Crippen molar-refractivity contribution in [1.82, 2.24) is 24.8 Å². The molecule has 1 saturated carbocycles. The number of imidazole rings is 1. The molecule has 176 valence electrons. The van der Waals surface area contributed by atoms with Gasteiger partial charge in [-0.25, -0.2) is 9.50 Å². The van der Waals surface area contributed by atoms with Crippen molar-refractivity contribution in [2.45, 2.75) is 38.1 Å². The van der Waals surface area contributed by atoms with Crippen LogP contribution in [0.2, 0.25) is 5.02 Å². The number of halogens is 1. The van der Waals surface area contributed by atoms with Gasteiger partial charge in [0.2, 0.25) is 5.91 Å². The van der Waals surface area contributed by atoms with E-state index in [0.717, 1.165) is 56.0 Å². The predicted octanol–water partition coefficient (Wildman–Crippen LogP) is 3.40. The highest BCUT2D eigenvalue weighted by Gasteiger charge is 2.18. The van der Waals surface area contributed by atoms with Gasteiger partial charge in [0, 0.05) is 29.7 Å². The van der Waals surface area contributed by atoms with Gasteiger partial charge in [0.1, 0.15) is 5.82 Å². The van der Waals surface area contributed by atoms with Crippen molar-refractivity contribution >= 4 is 29.0 Å². The first-order valence-electron chi connectivity index (χ1n) is 11.5. The van der Waals surface area contributed by atoms with Crippen LogP contribution in [0.25, 0.3) is 16.9 Å². The van der Waals surface area contributed by atoms with Gasteiger partial charge in [-0.3, -0.25) is 9.69 Å². The number of nitrogens with two attached hydrogens (primary N) is 1. The van der Waals surface area contributed by atoms with Crippen LogP contribution >= 0.6 is 11.6 Å². The number of nitrogen functional groups attached to an aromatic ring is 1. The van der Waals surface area contributed by atoms with Gasteiger partial charge >= 0.3 is 0 Å². The van der Waals surface area contributed by atoms with Gasteiger partial charge in [-0.2, -0.15) is 0 Å². The monoisotopic (exact) mass is 470 g/mol. The molecule has 2 fully saturated rings. The normalized spacial score (nSPS) is 17.4. The summed E-state index contributed by atoms with van der Waals surface area (Å²) >= 11 is 5.97. The number of hydrogen-bond donors (Lipinski definition) is 2. The number of morpholine rings is 1. The number of amides is 1. The van der Waals surface area contributed by atoms with Gasteiger partial charge in [0.25, 0.3) is 0 Å². The third kappa shape index (κ3) is 6.66. The molecule has 1 aliphatic heterocycles. The van der Waals surface area contributed by atoms with Crippen LogP contribution < -0.4 is 11.1 Å². The molecule has 3 N–H and O–H groups in total. The minimum Gasteiger partial charge on any atom is -0.382 e. The first-order valence-corrected chi connectivity index (χ1v) is 11.9. The fourth-order valence-corrected chi connectivity index (χ4v) is 4.41. The van der Waals surface area contributed by atoms with Crippen LogP contribution in [0.3, 0.4) is 0 Å². The molecule has 0 atom stereocenters. The van der Waals surface area contributed by atoms with Crippen LogP contribution in [0.15, 0.2) is 42.6 Å². The molecule has 0 unspecified atom stereocenters. The average molecular weight is 471 g/mol. The molecule has 1 aliphatic carbocycles. The summed E-state index contributed by atoms with van der Waals surface area (Å²) < 4.78 is 6.97. The third-order valence-electron chi connectivity index (χ3n) is 5.94. The van der Waals surface area contributed by atoms with E-state index >= 15 is 0 Å². The van der Waals surface area contributed by atoms with Crippen LogP contribution in [-0.4, -0.2) is 64.3 Å². The molecular formula is C24H31ClN6O2. The van der Waals surface area contributed by atoms with Gasteiger partial charge in [-0.1, -0.05) is 43.0 Å². The summed E-state index contributed by atoms with van der Waals surface area (Å²) in [6.07, 6.45) is 7.94. The fourth-order valence-electron chi connectivity index (χ4n) is 4.21. The zero-order chi connectivity index (χ0) is 23.0. The first kappa shape index (κ1) is 23.5. The van der Waals surface area contributed by atoms with E-state index in [1.807, 2.05) is 30.3 Å². The van der Waals surface area contributed by atoms with E-state index in [0.29, 0.717) is 23.4 Å². The Kier molecular flexibility index (Phi) is 8.15. The maximum Gasteiger partial charge on any atom is 0.234 e. The lowest BCUT2D eigenvalue weighted by molar-refractivity contribution is -0.124. The number of aromatic nitrogens is 3. The van der Waals surface area contributed by atoms with E-state index in [-0.39, 0.29) is 5.91 Å². The number of benzene rings is 1. The Balaban J connectivity index is 0.000000157. The van der Waals surface area contributed by atoms with Crippen molar-refractivity contribution in [3.05, 3.63) is 47.6 Å².